The van der Waals surface area contributed by atoms with Gasteiger partial charge in [0.1, 0.15) is 5.60 Å². The van der Waals surface area contributed by atoms with Crippen LogP contribution >= 0.6 is 0 Å². The molecule has 1 saturated heterocycles. The van der Waals surface area contributed by atoms with E-state index in [2.05, 4.69) is 9.97 Å². The van der Waals surface area contributed by atoms with Crippen molar-refractivity contribution in [1.29, 1.82) is 0 Å². The number of carbonyl (C=O) groups is 1. The van der Waals surface area contributed by atoms with E-state index in [4.69, 9.17) is 4.74 Å². The average molecular weight is 341 g/mol. The molecule has 0 spiro atoms. The third-order valence-electron chi connectivity index (χ3n) is 3.52. The summed E-state index contributed by atoms with van der Waals surface area (Å²) in [6.45, 7) is 7.93. The summed E-state index contributed by atoms with van der Waals surface area (Å²) in [7, 11) is -3.51. The molecule has 23 heavy (non-hydrogen) atoms. The van der Waals surface area contributed by atoms with Gasteiger partial charge in [-0.25, -0.2) is 18.2 Å². The Kier molecular flexibility index (Phi) is 4.93. The third kappa shape index (κ3) is 4.63. The molecule has 1 amide bonds. The van der Waals surface area contributed by atoms with Crippen molar-refractivity contribution in [2.75, 3.05) is 18.8 Å². The number of likely N-dealkylation sites (tertiary alicyclic amines) is 1. The fourth-order valence-corrected chi connectivity index (χ4v) is 4.33. The molecule has 1 aliphatic rings. The molecule has 0 saturated carbocycles. The highest BCUT2D eigenvalue weighted by Crippen LogP contribution is 2.23. The van der Waals surface area contributed by atoms with Crippen LogP contribution in [0, 0.1) is 12.8 Å². The molecule has 8 heteroatoms. The summed E-state index contributed by atoms with van der Waals surface area (Å²) in [6.07, 6.45) is 3.08. The molecular weight excluding hydrogens is 318 g/mol. The summed E-state index contributed by atoms with van der Waals surface area (Å²) >= 11 is 0. The van der Waals surface area contributed by atoms with Gasteiger partial charge in [-0.1, -0.05) is 0 Å². The fraction of sp³-hybridized carbons (Fsp3) is 0.667. The molecule has 0 aliphatic carbocycles. The number of amides is 1. The average Bonchev–Trinajstić information content (AvgIpc) is 2.85. The van der Waals surface area contributed by atoms with Crippen LogP contribution in [0.2, 0.25) is 0 Å². The van der Waals surface area contributed by atoms with Crippen LogP contribution in [0.4, 0.5) is 4.79 Å². The van der Waals surface area contributed by atoms with Crippen molar-refractivity contribution < 1.29 is 17.9 Å². The highest BCUT2D eigenvalue weighted by molar-refractivity contribution is 7.91. The van der Waals surface area contributed by atoms with E-state index in [0.717, 1.165) is 0 Å². The van der Waals surface area contributed by atoms with Crippen molar-refractivity contribution >= 4 is 15.9 Å². The summed E-state index contributed by atoms with van der Waals surface area (Å²) in [5, 5.41) is 0.0238. The number of ether oxygens (including phenoxy) is 1. The Bertz CT molecular complexity index is 682. The largest absolute Gasteiger partial charge is 0.444 e. The van der Waals surface area contributed by atoms with Gasteiger partial charge in [0.2, 0.25) is 0 Å². The zero-order chi connectivity index (χ0) is 17.3. The maximum atomic E-state index is 12.5. The Balaban J connectivity index is 2.01. The molecule has 0 bridgehead atoms. The number of sulfone groups is 1. The minimum atomic E-state index is -3.51. The maximum absolute atomic E-state index is 12.5. The summed E-state index contributed by atoms with van der Waals surface area (Å²) < 4.78 is 30.3. The van der Waals surface area contributed by atoms with E-state index in [9.17, 15) is 13.2 Å². The van der Waals surface area contributed by atoms with Gasteiger partial charge in [-0.15, -0.1) is 0 Å². The lowest BCUT2D eigenvalue weighted by Gasteiger charge is -2.24. The zero-order valence-electron chi connectivity index (χ0n) is 13.9. The number of carbonyl (C=O) groups excluding carboxylic acids is 1. The molecule has 7 nitrogen and oxygen atoms in total. The first kappa shape index (κ1) is 17.7. The van der Waals surface area contributed by atoms with Crippen molar-refractivity contribution in [2.24, 2.45) is 5.92 Å². The van der Waals surface area contributed by atoms with Crippen LogP contribution in [-0.4, -0.2) is 53.8 Å². The van der Waals surface area contributed by atoms with Crippen LogP contribution in [0.25, 0.3) is 0 Å². The third-order valence-corrected chi connectivity index (χ3v) is 5.42. The molecule has 2 rings (SSSR count). The smallest absolute Gasteiger partial charge is 0.410 e. The van der Waals surface area contributed by atoms with Crippen molar-refractivity contribution in [3.05, 3.63) is 18.1 Å². The highest BCUT2D eigenvalue weighted by atomic mass is 32.2. The quantitative estimate of drug-likeness (QED) is 0.833. The normalized spacial score (nSPS) is 19.0. The van der Waals surface area contributed by atoms with Gasteiger partial charge >= 0.3 is 6.09 Å². The van der Waals surface area contributed by atoms with Crippen LogP contribution in [0.3, 0.4) is 0 Å². The molecule has 2 heterocycles. The SMILES string of the molecule is Cc1nccnc1S(=O)(=O)C[C@@H]1CCN(C(=O)OC(C)(C)C)C1. The Morgan fingerprint density at radius 1 is 1.35 bits per heavy atom. The molecule has 1 fully saturated rings. The van der Waals surface area contributed by atoms with E-state index in [1.54, 1.807) is 32.6 Å². The topological polar surface area (TPSA) is 89.5 Å². The molecule has 1 atom stereocenters. The Labute approximate surface area is 137 Å². The summed E-state index contributed by atoms with van der Waals surface area (Å²) in [4.78, 5) is 21.5. The molecule has 0 radical (unpaired) electrons. The first-order chi connectivity index (χ1) is 10.6. The second kappa shape index (κ2) is 6.43. The van der Waals surface area contributed by atoms with Crippen LogP contribution in [0.1, 0.15) is 32.9 Å². The summed E-state index contributed by atoms with van der Waals surface area (Å²) in [5.41, 5.74) is -0.160. The molecule has 0 N–H and O–H groups in total. The van der Waals surface area contributed by atoms with Crippen LogP contribution in [-0.2, 0) is 14.6 Å². The van der Waals surface area contributed by atoms with E-state index in [0.29, 0.717) is 25.2 Å². The zero-order valence-corrected chi connectivity index (χ0v) is 14.8. The monoisotopic (exact) mass is 341 g/mol. The Morgan fingerprint density at radius 3 is 2.61 bits per heavy atom. The predicted octanol–water partition coefficient (Wildman–Crippen LogP) is 1.82. The number of hydrogen-bond donors (Lipinski definition) is 0. The minimum Gasteiger partial charge on any atom is -0.444 e. The summed E-state index contributed by atoms with van der Waals surface area (Å²) in [5.74, 6) is -0.153. The van der Waals surface area contributed by atoms with E-state index in [-0.39, 0.29) is 16.7 Å². The standard InChI is InChI=1S/C15H23N3O4S/c1-11-13(17-7-6-16-11)23(20,21)10-12-5-8-18(9-12)14(19)22-15(2,3)4/h6-7,12H,5,8-10H2,1-4H3/t12-/m1/s1. The van der Waals surface area contributed by atoms with Gasteiger partial charge in [-0.3, -0.25) is 4.98 Å². The Hall–Kier alpha value is -1.70. The number of aromatic nitrogens is 2. The second-order valence-corrected chi connectivity index (χ2v) is 8.76. The molecule has 0 unspecified atom stereocenters. The minimum absolute atomic E-state index is 0.0238. The lowest BCUT2D eigenvalue weighted by molar-refractivity contribution is 0.0289. The van der Waals surface area contributed by atoms with E-state index < -0.39 is 21.5 Å². The lowest BCUT2D eigenvalue weighted by Crippen LogP contribution is -2.35. The number of nitrogens with zero attached hydrogens (tertiary/aromatic N) is 3. The van der Waals surface area contributed by atoms with Gasteiger partial charge in [0, 0.05) is 25.5 Å². The van der Waals surface area contributed by atoms with Crippen molar-refractivity contribution in [3.63, 3.8) is 0 Å². The molecule has 1 aliphatic heterocycles. The van der Waals surface area contributed by atoms with Crippen LogP contribution in [0.5, 0.6) is 0 Å². The predicted molar refractivity (Wildman–Crippen MR) is 84.7 cm³/mol. The maximum Gasteiger partial charge on any atom is 0.410 e. The van der Waals surface area contributed by atoms with Crippen LogP contribution < -0.4 is 0 Å². The molecular formula is C15H23N3O4S. The van der Waals surface area contributed by atoms with Gasteiger partial charge in [0.15, 0.2) is 14.9 Å². The van der Waals surface area contributed by atoms with Crippen molar-refractivity contribution in [3.8, 4) is 0 Å². The Morgan fingerprint density at radius 2 is 2.00 bits per heavy atom. The molecule has 0 aromatic carbocycles. The van der Waals surface area contributed by atoms with Crippen LogP contribution in [0.15, 0.2) is 17.4 Å². The fourth-order valence-electron chi connectivity index (χ4n) is 2.55. The van der Waals surface area contributed by atoms with Gasteiger partial charge in [0.05, 0.1) is 11.4 Å². The van der Waals surface area contributed by atoms with Gasteiger partial charge in [0.25, 0.3) is 0 Å². The highest BCUT2D eigenvalue weighted by Gasteiger charge is 2.33. The van der Waals surface area contributed by atoms with Gasteiger partial charge in [-0.05, 0) is 40.0 Å². The van der Waals surface area contributed by atoms with Gasteiger partial charge < -0.3 is 9.64 Å². The van der Waals surface area contributed by atoms with E-state index in [1.165, 1.54) is 12.4 Å². The number of hydrogen-bond acceptors (Lipinski definition) is 6. The molecule has 1 aromatic heterocycles. The lowest BCUT2D eigenvalue weighted by atomic mass is 10.2. The van der Waals surface area contributed by atoms with E-state index in [1.807, 2.05) is 0 Å². The first-order valence-electron chi connectivity index (χ1n) is 7.57. The molecule has 128 valence electrons. The molecule has 1 aromatic rings. The first-order valence-corrected chi connectivity index (χ1v) is 9.22. The van der Waals surface area contributed by atoms with Gasteiger partial charge in [-0.2, -0.15) is 0 Å². The van der Waals surface area contributed by atoms with E-state index >= 15 is 0 Å². The number of aryl methyl sites for hydroxylation is 1. The van der Waals surface area contributed by atoms with Crippen molar-refractivity contribution in [1.82, 2.24) is 14.9 Å². The number of rotatable bonds is 3. The van der Waals surface area contributed by atoms with Crippen molar-refractivity contribution in [2.45, 2.75) is 44.7 Å². The second-order valence-electron chi connectivity index (χ2n) is 6.81. The summed E-state index contributed by atoms with van der Waals surface area (Å²) in [6, 6.07) is 0.